The summed E-state index contributed by atoms with van der Waals surface area (Å²) in [6.07, 6.45) is 9.84. The van der Waals surface area contributed by atoms with E-state index in [4.69, 9.17) is 4.98 Å². The first-order chi connectivity index (χ1) is 14.6. The van der Waals surface area contributed by atoms with Crippen molar-refractivity contribution >= 4 is 22.7 Å². The number of likely N-dealkylation sites (N-methyl/N-ethyl adjacent to an activating group) is 1. The zero-order valence-corrected chi connectivity index (χ0v) is 17.3. The van der Waals surface area contributed by atoms with Crippen molar-refractivity contribution in [1.29, 1.82) is 0 Å². The normalized spacial score (nSPS) is 21.1. The molecule has 30 heavy (non-hydrogen) atoms. The van der Waals surface area contributed by atoms with Crippen molar-refractivity contribution in [2.45, 2.75) is 44.2 Å². The van der Waals surface area contributed by atoms with Gasteiger partial charge in [-0.05, 0) is 36.5 Å². The number of benzene rings is 2. The SMILES string of the molecule is CN1CC=Cc2c(Cc3ccccc3)cc3c(=O)n([C@H]4CCCC[C@@H]4O)cnc3c21. The third-order valence-electron chi connectivity index (χ3n) is 6.51. The van der Waals surface area contributed by atoms with E-state index in [0.717, 1.165) is 61.0 Å². The van der Waals surface area contributed by atoms with Gasteiger partial charge in [0.1, 0.15) is 5.52 Å². The Morgan fingerprint density at radius 2 is 1.97 bits per heavy atom. The lowest BCUT2D eigenvalue weighted by Gasteiger charge is -2.30. The number of nitrogens with zero attached hydrogens (tertiary/aromatic N) is 3. The van der Waals surface area contributed by atoms with Crippen LogP contribution >= 0.6 is 0 Å². The van der Waals surface area contributed by atoms with Crippen LogP contribution in [0.4, 0.5) is 5.69 Å². The average molecular weight is 402 g/mol. The summed E-state index contributed by atoms with van der Waals surface area (Å²) in [5.74, 6) is 0. The highest BCUT2D eigenvalue weighted by atomic mass is 16.3. The van der Waals surface area contributed by atoms with E-state index in [-0.39, 0.29) is 11.6 Å². The van der Waals surface area contributed by atoms with Gasteiger partial charge in [-0.1, -0.05) is 55.3 Å². The highest BCUT2D eigenvalue weighted by molar-refractivity contribution is 5.97. The fourth-order valence-corrected chi connectivity index (χ4v) is 4.94. The Balaban J connectivity index is 1.71. The zero-order valence-electron chi connectivity index (χ0n) is 17.3. The molecule has 5 rings (SSSR count). The lowest BCUT2D eigenvalue weighted by molar-refractivity contribution is 0.0735. The molecule has 2 heterocycles. The van der Waals surface area contributed by atoms with E-state index in [1.807, 2.05) is 31.3 Å². The summed E-state index contributed by atoms with van der Waals surface area (Å²) in [5, 5.41) is 11.1. The molecule has 0 bridgehead atoms. The van der Waals surface area contributed by atoms with E-state index < -0.39 is 6.10 Å². The summed E-state index contributed by atoms with van der Waals surface area (Å²) in [4.78, 5) is 20.5. The van der Waals surface area contributed by atoms with E-state index >= 15 is 0 Å². The minimum absolute atomic E-state index is 0.0500. The number of aromatic nitrogens is 2. The van der Waals surface area contributed by atoms with E-state index in [1.165, 1.54) is 5.56 Å². The van der Waals surface area contributed by atoms with Crippen molar-refractivity contribution in [3.05, 3.63) is 75.8 Å². The van der Waals surface area contributed by atoms with Crippen LogP contribution in [-0.4, -0.2) is 34.4 Å². The van der Waals surface area contributed by atoms with Crippen molar-refractivity contribution in [1.82, 2.24) is 9.55 Å². The van der Waals surface area contributed by atoms with Crippen molar-refractivity contribution in [2.75, 3.05) is 18.5 Å². The lowest BCUT2D eigenvalue weighted by atomic mass is 9.91. The minimum Gasteiger partial charge on any atom is -0.391 e. The van der Waals surface area contributed by atoms with Gasteiger partial charge in [-0.2, -0.15) is 0 Å². The number of fused-ring (bicyclic) bond motifs is 3. The molecule has 0 saturated heterocycles. The van der Waals surface area contributed by atoms with Gasteiger partial charge in [0.2, 0.25) is 0 Å². The second-order valence-electron chi connectivity index (χ2n) is 8.52. The molecule has 2 aromatic carbocycles. The Labute approximate surface area is 176 Å². The van der Waals surface area contributed by atoms with Crippen LogP contribution in [0.25, 0.3) is 17.0 Å². The third-order valence-corrected chi connectivity index (χ3v) is 6.51. The van der Waals surface area contributed by atoms with Crippen LogP contribution in [-0.2, 0) is 6.42 Å². The summed E-state index contributed by atoms with van der Waals surface area (Å²) in [6.45, 7) is 0.795. The van der Waals surface area contributed by atoms with Gasteiger partial charge >= 0.3 is 0 Å². The van der Waals surface area contributed by atoms with Gasteiger partial charge in [-0.25, -0.2) is 4.98 Å². The van der Waals surface area contributed by atoms with E-state index in [2.05, 4.69) is 29.2 Å². The second kappa shape index (κ2) is 7.73. The van der Waals surface area contributed by atoms with Gasteiger partial charge in [0, 0.05) is 19.2 Å². The monoisotopic (exact) mass is 401 g/mol. The molecule has 1 fully saturated rings. The number of aliphatic hydroxyl groups excluding tert-OH is 1. The summed E-state index contributed by atoms with van der Waals surface area (Å²) in [6, 6.07) is 12.2. The van der Waals surface area contributed by atoms with Crippen LogP contribution in [0.5, 0.6) is 0 Å². The van der Waals surface area contributed by atoms with Gasteiger partial charge in [0.15, 0.2) is 0 Å². The lowest BCUT2D eigenvalue weighted by Crippen LogP contribution is -2.35. The molecular weight excluding hydrogens is 374 g/mol. The standard InChI is InChI=1S/C25H27N3O2/c1-27-13-7-10-19-18(14-17-8-3-2-4-9-17)15-20-23(24(19)27)26-16-28(25(20)30)21-11-5-6-12-22(21)29/h2-4,7-10,15-16,21-22,29H,5-6,11-14H2,1H3/t21-,22-/m0/s1. The summed E-state index contributed by atoms with van der Waals surface area (Å²) >= 11 is 0. The molecule has 2 aliphatic rings. The van der Waals surface area contributed by atoms with Crippen LogP contribution in [0.3, 0.4) is 0 Å². The fourth-order valence-electron chi connectivity index (χ4n) is 4.94. The van der Waals surface area contributed by atoms with Crippen LogP contribution in [0.15, 0.2) is 53.6 Å². The molecule has 0 unspecified atom stereocenters. The molecule has 154 valence electrons. The van der Waals surface area contributed by atoms with E-state index in [1.54, 1.807) is 10.9 Å². The van der Waals surface area contributed by atoms with Crippen molar-refractivity contribution in [3.8, 4) is 0 Å². The molecule has 1 saturated carbocycles. The first-order valence-corrected chi connectivity index (χ1v) is 10.8. The average Bonchev–Trinajstić information content (AvgIpc) is 2.76. The first kappa shape index (κ1) is 19.1. The van der Waals surface area contributed by atoms with Gasteiger partial charge in [0.05, 0.1) is 29.5 Å². The first-order valence-electron chi connectivity index (χ1n) is 10.8. The molecule has 0 amide bonds. The number of hydrogen-bond donors (Lipinski definition) is 1. The van der Waals surface area contributed by atoms with E-state index in [9.17, 15) is 9.90 Å². The molecule has 1 aromatic heterocycles. The number of hydrogen-bond acceptors (Lipinski definition) is 4. The number of aliphatic hydroxyl groups is 1. The molecule has 0 radical (unpaired) electrons. The third kappa shape index (κ3) is 3.23. The van der Waals surface area contributed by atoms with Crippen LogP contribution in [0.1, 0.15) is 48.4 Å². The van der Waals surface area contributed by atoms with Crippen LogP contribution in [0, 0.1) is 0 Å². The maximum Gasteiger partial charge on any atom is 0.261 e. The Hall–Kier alpha value is -2.92. The van der Waals surface area contributed by atoms with Crippen LogP contribution in [0.2, 0.25) is 0 Å². The Morgan fingerprint density at radius 1 is 1.17 bits per heavy atom. The largest absolute Gasteiger partial charge is 0.391 e. The Kier molecular flexibility index (Phi) is 4.91. The van der Waals surface area contributed by atoms with Gasteiger partial charge < -0.3 is 10.0 Å². The van der Waals surface area contributed by atoms with Crippen molar-refractivity contribution < 1.29 is 5.11 Å². The van der Waals surface area contributed by atoms with Crippen molar-refractivity contribution in [2.24, 2.45) is 0 Å². The molecule has 2 atom stereocenters. The van der Waals surface area contributed by atoms with Gasteiger partial charge in [-0.15, -0.1) is 0 Å². The quantitative estimate of drug-likeness (QED) is 0.723. The smallest absolute Gasteiger partial charge is 0.261 e. The Morgan fingerprint density at radius 3 is 2.77 bits per heavy atom. The molecule has 5 nitrogen and oxygen atoms in total. The maximum atomic E-state index is 13.5. The van der Waals surface area contributed by atoms with Crippen LogP contribution < -0.4 is 10.5 Å². The number of anilines is 1. The maximum absolute atomic E-state index is 13.5. The summed E-state index contributed by atoms with van der Waals surface area (Å²) in [5.41, 5.74) is 5.21. The molecule has 5 heteroatoms. The topological polar surface area (TPSA) is 58.4 Å². The predicted octanol–water partition coefficient (Wildman–Crippen LogP) is 3.93. The molecule has 3 aromatic rings. The molecule has 1 aliphatic carbocycles. The van der Waals surface area contributed by atoms with Crippen molar-refractivity contribution in [3.63, 3.8) is 0 Å². The predicted molar refractivity (Wildman–Crippen MR) is 121 cm³/mol. The van der Waals surface area contributed by atoms with Gasteiger partial charge in [0.25, 0.3) is 5.56 Å². The summed E-state index contributed by atoms with van der Waals surface area (Å²) in [7, 11) is 2.05. The molecule has 1 N–H and O–H groups in total. The molecule has 0 spiro atoms. The number of rotatable bonds is 3. The molecular formula is C25H27N3O2. The van der Waals surface area contributed by atoms with Gasteiger partial charge in [-0.3, -0.25) is 9.36 Å². The minimum atomic E-state index is -0.484. The zero-order chi connectivity index (χ0) is 20.7. The molecule has 1 aliphatic heterocycles. The Bertz CT molecular complexity index is 1170. The second-order valence-corrected chi connectivity index (χ2v) is 8.52. The highest BCUT2D eigenvalue weighted by Crippen LogP contribution is 2.36. The highest BCUT2D eigenvalue weighted by Gasteiger charge is 2.27. The fraction of sp³-hybridized carbons (Fsp3) is 0.360. The summed E-state index contributed by atoms with van der Waals surface area (Å²) < 4.78 is 1.67. The van der Waals surface area contributed by atoms with E-state index in [0.29, 0.717) is 5.39 Å².